The lowest BCUT2D eigenvalue weighted by atomic mass is 10.0. The van der Waals surface area contributed by atoms with Crippen LogP contribution in [0.3, 0.4) is 0 Å². The number of hydrogen-bond donors (Lipinski definition) is 1. The Hall–Kier alpha value is -1.48. The summed E-state index contributed by atoms with van der Waals surface area (Å²) in [5, 5.41) is 3.24. The van der Waals surface area contributed by atoms with E-state index < -0.39 is 10.0 Å². The van der Waals surface area contributed by atoms with Gasteiger partial charge in [-0.1, -0.05) is 25.5 Å². The number of hydrogen-bond acceptors (Lipinski definition) is 5. The molecule has 2 aliphatic heterocycles. The van der Waals surface area contributed by atoms with Gasteiger partial charge in [0.1, 0.15) is 0 Å². The molecular weight excluding hydrogens is 412 g/mol. The molecule has 1 aromatic rings. The molecule has 1 atom stereocenters. The Kier molecular flexibility index (Phi) is 8.89. The maximum Gasteiger partial charge on any atom is 0.243 e. The van der Waals surface area contributed by atoms with Crippen LogP contribution < -0.4 is 5.32 Å². The maximum absolute atomic E-state index is 13.4. The van der Waals surface area contributed by atoms with Crippen molar-refractivity contribution in [3.05, 3.63) is 29.8 Å². The number of piperidine rings is 1. The molecule has 0 radical (unpaired) electrons. The van der Waals surface area contributed by atoms with Crippen LogP contribution in [0.5, 0.6) is 0 Å². The van der Waals surface area contributed by atoms with Crippen LogP contribution in [0, 0.1) is 0 Å². The first-order chi connectivity index (χ1) is 14.9. The Labute approximate surface area is 187 Å². The summed E-state index contributed by atoms with van der Waals surface area (Å²) < 4.78 is 28.4. The topological polar surface area (TPSA) is 73.0 Å². The molecule has 1 amide bonds. The van der Waals surface area contributed by atoms with Crippen molar-refractivity contribution in [2.45, 2.75) is 56.9 Å². The van der Waals surface area contributed by atoms with E-state index in [-0.39, 0.29) is 18.9 Å². The third-order valence-corrected chi connectivity index (χ3v) is 8.50. The Morgan fingerprint density at radius 3 is 2.45 bits per heavy atom. The first-order valence-electron chi connectivity index (χ1n) is 11.7. The number of carbonyl (C=O) groups is 1. The van der Waals surface area contributed by atoms with Crippen LogP contribution in [0.2, 0.25) is 0 Å². The molecule has 1 aromatic carbocycles. The van der Waals surface area contributed by atoms with Crippen molar-refractivity contribution in [1.82, 2.24) is 19.4 Å². The highest BCUT2D eigenvalue weighted by Crippen LogP contribution is 2.20. The van der Waals surface area contributed by atoms with Crippen LogP contribution in [0.1, 0.15) is 45.1 Å². The van der Waals surface area contributed by atoms with Gasteiger partial charge in [-0.05, 0) is 50.4 Å². The molecule has 174 valence electrons. The highest BCUT2D eigenvalue weighted by molar-refractivity contribution is 7.89. The summed E-state index contributed by atoms with van der Waals surface area (Å²) in [7, 11) is -3.65. The third kappa shape index (κ3) is 6.51. The molecule has 0 aliphatic carbocycles. The lowest BCUT2D eigenvalue weighted by molar-refractivity contribution is -0.131. The van der Waals surface area contributed by atoms with Crippen LogP contribution in [0.15, 0.2) is 29.2 Å². The molecule has 0 saturated carbocycles. The van der Waals surface area contributed by atoms with Crippen molar-refractivity contribution in [1.29, 1.82) is 0 Å². The van der Waals surface area contributed by atoms with Crippen LogP contribution in [0.25, 0.3) is 0 Å². The number of aryl methyl sites for hydroxylation is 1. The first-order valence-corrected chi connectivity index (χ1v) is 13.2. The van der Waals surface area contributed by atoms with E-state index in [4.69, 9.17) is 0 Å². The van der Waals surface area contributed by atoms with Gasteiger partial charge in [0.25, 0.3) is 0 Å². The maximum atomic E-state index is 13.4. The fraction of sp³-hybridized carbons (Fsp3) is 0.696. The normalized spacial score (nSPS) is 20.9. The molecule has 2 fully saturated rings. The predicted octanol–water partition coefficient (Wildman–Crippen LogP) is 1.94. The van der Waals surface area contributed by atoms with Gasteiger partial charge in [0, 0.05) is 58.3 Å². The van der Waals surface area contributed by atoms with Gasteiger partial charge in [0.05, 0.1) is 4.90 Å². The number of nitrogens with zero attached hydrogens (tertiary/aromatic N) is 3. The molecule has 1 N–H and O–H groups in total. The summed E-state index contributed by atoms with van der Waals surface area (Å²) in [4.78, 5) is 17.2. The zero-order chi connectivity index (χ0) is 22.3. The smallest absolute Gasteiger partial charge is 0.243 e. The van der Waals surface area contributed by atoms with E-state index in [2.05, 4.69) is 24.1 Å². The fourth-order valence-corrected chi connectivity index (χ4v) is 5.85. The standard InChI is InChI=1S/C23H38N4O3S/c1-3-21-7-9-22(10-8-21)31(29,30)27(19-18-25-14-5-4-6-20(25)2)15-11-23(28)26-16-12-24-13-17-26/h7-10,20,24H,3-6,11-19H2,1-2H3/t20-/m0/s1. The number of sulfonamides is 1. The predicted molar refractivity (Wildman–Crippen MR) is 124 cm³/mol. The molecule has 0 bridgehead atoms. The lowest BCUT2D eigenvalue weighted by Gasteiger charge is -2.35. The first kappa shape index (κ1) is 24.2. The lowest BCUT2D eigenvalue weighted by Crippen LogP contribution is -2.48. The number of benzene rings is 1. The Morgan fingerprint density at radius 2 is 1.81 bits per heavy atom. The Bertz CT molecular complexity index is 807. The van der Waals surface area contributed by atoms with Gasteiger partial charge >= 0.3 is 0 Å². The molecule has 8 heteroatoms. The highest BCUT2D eigenvalue weighted by atomic mass is 32.2. The van der Waals surface area contributed by atoms with Crippen LogP contribution in [0.4, 0.5) is 0 Å². The number of piperazine rings is 1. The molecule has 31 heavy (non-hydrogen) atoms. The zero-order valence-corrected chi connectivity index (χ0v) is 19.9. The second-order valence-corrected chi connectivity index (χ2v) is 10.6. The fourth-order valence-electron chi connectivity index (χ4n) is 4.42. The zero-order valence-electron chi connectivity index (χ0n) is 19.1. The van der Waals surface area contributed by atoms with Crippen molar-refractivity contribution in [3.8, 4) is 0 Å². The Balaban J connectivity index is 1.70. The molecule has 0 aromatic heterocycles. The largest absolute Gasteiger partial charge is 0.340 e. The summed E-state index contributed by atoms with van der Waals surface area (Å²) in [6.07, 6.45) is 4.66. The van der Waals surface area contributed by atoms with Gasteiger partial charge in [-0.3, -0.25) is 9.69 Å². The average Bonchev–Trinajstić information content (AvgIpc) is 2.80. The van der Waals surface area contributed by atoms with Crippen molar-refractivity contribution in [3.63, 3.8) is 0 Å². The molecule has 0 spiro atoms. The summed E-state index contributed by atoms with van der Waals surface area (Å²) in [5.74, 6) is 0.0365. The molecule has 2 aliphatic rings. The number of nitrogens with one attached hydrogen (secondary N) is 1. The van der Waals surface area contributed by atoms with Crippen LogP contribution >= 0.6 is 0 Å². The van der Waals surface area contributed by atoms with Gasteiger partial charge in [0.15, 0.2) is 0 Å². The van der Waals surface area contributed by atoms with E-state index >= 15 is 0 Å². The van der Waals surface area contributed by atoms with Gasteiger partial charge in [0.2, 0.25) is 15.9 Å². The summed E-state index contributed by atoms with van der Waals surface area (Å²) >= 11 is 0. The van der Waals surface area contributed by atoms with Gasteiger partial charge < -0.3 is 10.2 Å². The second kappa shape index (κ2) is 11.4. The number of rotatable bonds is 9. The summed E-state index contributed by atoms with van der Waals surface area (Å²) in [6.45, 7) is 9.60. The Morgan fingerprint density at radius 1 is 1.10 bits per heavy atom. The molecule has 2 saturated heterocycles. The van der Waals surface area contributed by atoms with Crippen molar-refractivity contribution in [2.75, 3.05) is 52.4 Å². The van der Waals surface area contributed by atoms with E-state index in [0.717, 1.165) is 44.5 Å². The average molecular weight is 451 g/mol. The van der Waals surface area contributed by atoms with E-state index in [1.807, 2.05) is 17.0 Å². The van der Waals surface area contributed by atoms with Crippen LogP contribution in [-0.2, 0) is 21.2 Å². The van der Waals surface area contributed by atoms with E-state index in [0.29, 0.717) is 37.1 Å². The third-order valence-electron chi connectivity index (χ3n) is 6.59. The minimum Gasteiger partial charge on any atom is -0.340 e. The van der Waals surface area contributed by atoms with E-state index in [1.54, 1.807) is 12.1 Å². The van der Waals surface area contributed by atoms with Crippen molar-refractivity contribution in [2.24, 2.45) is 0 Å². The van der Waals surface area contributed by atoms with Gasteiger partial charge in [-0.25, -0.2) is 8.42 Å². The molecule has 2 heterocycles. The highest BCUT2D eigenvalue weighted by Gasteiger charge is 2.28. The van der Waals surface area contributed by atoms with Crippen molar-refractivity contribution >= 4 is 15.9 Å². The van der Waals surface area contributed by atoms with Gasteiger partial charge in [-0.15, -0.1) is 0 Å². The molecule has 7 nitrogen and oxygen atoms in total. The minimum absolute atomic E-state index is 0.0365. The van der Waals surface area contributed by atoms with Crippen LogP contribution in [-0.4, -0.2) is 86.8 Å². The number of amides is 1. The van der Waals surface area contributed by atoms with E-state index in [1.165, 1.54) is 10.7 Å². The van der Waals surface area contributed by atoms with Crippen molar-refractivity contribution < 1.29 is 13.2 Å². The summed E-state index contributed by atoms with van der Waals surface area (Å²) in [5.41, 5.74) is 1.11. The molecular formula is C23H38N4O3S. The summed E-state index contributed by atoms with van der Waals surface area (Å²) in [6, 6.07) is 7.63. The molecule has 0 unspecified atom stereocenters. The monoisotopic (exact) mass is 450 g/mol. The number of carbonyl (C=O) groups excluding carboxylic acids is 1. The molecule has 3 rings (SSSR count). The van der Waals surface area contributed by atoms with Gasteiger partial charge in [-0.2, -0.15) is 4.31 Å². The minimum atomic E-state index is -3.65. The quantitative estimate of drug-likeness (QED) is 0.622. The second-order valence-electron chi connectivity index (χ2n) is 8.66. The number of likely N-dealkylation sites (tertiary alicyclic amines) is 1. The SMILES string of the molecule is CCc1ccc(S(=O)(=O)N(CCC(=O)N2CCNCC2)CCN2CCCC[C@@H]2C)cc1. The van der Waals surface area contributed by atoms with E-state index in [9.17, 15) is 13.2 Å².